The maximum absolute atomic E-state index is 6.14. The lowest BCUT2D eigenvalue weighted by Gasteiger charge is -2.08. The van der Waals surface area contributed by atoms with Crippen molar-refractivity contribution in [3.05, 3.63) is 28.8 Å². The maximum atomic E-state index is 6.14. The zero-order chi connectivity index (χ0) is 10.8. The highest BCUT2D eigenvalue weighted by Crippen LogP contribution is 2.35. The molecule has 2 nitrogen and oxygen atoms in total. The first-order valence-electron chi connectivity index (χ1n) is 4.95. The van der Waals surface area contributed by atoms with Gasteiger partial charge in [-0.05, 0) is 24.1 Å². The van der Waals surface area contributed by atoms with Gasteiger partial charge in [0.15, 0.2) is 0 Å². The van der Waals surface area contributed by atoms with E-state index in [0.29, 0.717) is 5.69 Å². The molecule has 2 rings (SSSR count). The Morgan fingerprint density at radius 2 is 2.40 bits per heavy atom. The third-order valence-corrected chi connectivity index (χ3v) is 3.93. The third kappa shape index (κ3) is 2.29. The topological polar surface area (TPSA) is 38.4 Å². The molecule has 1 unspecified atom stereocenters. The molecule has 0 amide bonds. The van der Waals surface area contributed by atoms with E-state index in [0.717, 1.165) is 22.8 Å². The van der Waals surface area contributed by atoms with Crippen LogP contribution in [-0.4, -0.2) is 10.8 Å². The highest BCUT2D eigenvalue weighted by Gasteiger charge is 2.20. The minimum Gasteiger partial charge on any atom is -0.399 e. The Hall–Kier alpha value is -0.670. The van der Waals surface area contributed by atoms with E-state index in [-0.39, 0.29) is 6.04 Å². The van der Waals surface area contributed by atoms with Gasteiger partial charge < -0.3 is 5.73 Å². The molecule has 1 aliphatic heterocycles. The first kappa shape index (κ1) is 10.8. The number of hydrogen-bond acceptors (Lipinski definition) is 3. The minimum absolute atomic E-state index is 0.207. The molecule has 15 heavy (non-hydrogen) atoms. The quantitative estimate of drug-likeness (QED) is 0.804. The van der Waals surface area contributed by atoms with Crippen LogP contribution in [0.25, 0.3) is 0 Å². The van der Waals surface area contributed by atoms with Crippen LogP contribution in [0.2, 0.25) is 5.02 Å². The summed E-state index contributed by atoms with van der Waals surface area (Å²) >= 11 is 7.96. The average Bonchev–Trinajstić information content (AvgIpc) is 2.66. The molecule has 4 heteroatoms. The summed E-state index contributed by atoms with van der Waals surface area (Å²) < 4.78 is 0. The SMILES string of the molecule is CCC1=NC(c2ccc(N)cc2Cl)CS1. The maximum Gasteiger partial charge on any atom is 0.0867 e. The van der Waals surface area contributed by atoms with Crippen molar-refractivity contribution in [1.29, 1.82) is 0 Å². The van der Waals surface area contributed by atoms with Crippen LogP contribution in [0.1, 0.15) is 24.9 Å². The van der Waals surface area contributed by atoms with Crippen molar-refractivity contribution in [3.63, 3.8) is 0 Å². The predicted octanol–water partition coefficient (Wildman–Crippen LogP) is 3.52. The summed E-state index contributed by atoms with van der Waals surface area (Å²) in [5.41, 5.74) is 7.44. The Kier molecular flexibility index (Phi) is 3.22. The van der Waals surface area contributed by atoms with Gasteiger partial charge in [0.2, 0.25) is 0 Å². The molecule has 0 aliphatic carbocycles. The zero-order valence-corrected chi connectivity index (χ0v) is 10.1. The largest absolute Gasteiger partial charge is 0.399 e. The van der Waals surface area contributed by atoms with Crippen LogP contribution in [0.15, 0.2) is 23.2 Å². The van der Waals surface area contributed by atoms with Gasteiger partial charge in [0.25, 0.3) is 0 Å². The summed E-state index contributed by atoms with van der Waals surface area (Å²) in [7, 11) is 0. The number of nitrogens with two attached hydrogens (primary N) is 1. The van der Waals surface area contributed by atoms with Crippen molar-refractivity contribution in [2.45, 2.75) is 19.4 Å². The normalized spacial score (nSPS) is 20.4. The number of hydrogen-bond donors (Lipinski definition) is 1. The van der Waals surface area contributed by atoms with Crippen molar-refractivity contribution in [2.75, 3.05) is 11.5 Å². The molecule has 1 aliphatic rings. The van der Waals surface area contributed by atoms with Crippen molar-refractivity contribution in [3.8, 4) is 0 Å². The van der Waals surface area contributed by atoms with E-state index in [1.165, 1.54) is 5.04 Å². The molecule has 0 radical (unpaired) electrons. The lowest BCUT2D eigenvalue weighted by molar-refractivity contribution is 0.847. The Labute approximate surface area is 98.9 Å². The molecule has 80 valence electrons. The monoisotopic (exact) mass is 240 g/mol. The molecule has 0 bridgehead atoms. The molecule has 1 aromatic carbocycles. The van der Waals surface area contributed by atoms with Crippen molar-refractivity contribution < 1.29 is 0 Å². The zero-order valence-electron chi connectivity index (χ0n) is 8.53. The standard InChI is InChI=1S/C11H13ClN2S/c1-2-11-14-10(6-15-11)8-4-3-7(13)5-9(8)12/h3-5,10H,2,6,13H2,1H3. The molecule has 0 aromatic heterocycles. The Morgan fingerprint density at radius 3 is 3.00 bits per heavy atom. The van der Waals surface area contributed by atoms with Gasteiger partial charge in [-0.1, -0.05) is 24.6 Å². The summed E-state index contributed by atoms with van der Waals surface area (Å²) in [6, 6.07) is 5.86. The van der Waals surface area contributed by atoms with Crippen LogP contribution >= 0.6 is 23.4 Å². The van der Waals surface area contributed by atoms with Gasteiger partial charge in [-0.15, -0.1) is 11.8 Å². The van der Waals surface area contributed by atoms with Crippen LogP contribution in [0.4, 0.5) is 5.69 Å². The number of benzene rings is 1. The highest BCUT2D eigenvalue weighted by atomic mass is 35.5. The van der Waals surface area contributed by atoms with E-state index in [1.54, 1.807) is 6.07 Å². The molecule has 0 saturated carbocycles. The molecule has 0 saturated heterocycles. The third-order valence-electron chi connectivity index (χ3n) is 2.39. The first-order valence-corrected chi connectivity index (χ1v) is 6.31. The highest BCUT2D eigenvalue weighted by molar-refractivity contribution is 8.14. The van der Waals surface area contributed by atoms with Gasteiger partial charge in [-0.3, -0.25) is 4.99 Å². The number of anilines is 1. The fraction of sp³-hybridized carbons (Fsp3) is 0.364. The molecule has 0 fully saturated rings. The first-order chi connectivity index (χ1) is 7.20. The van der Waals surface area contributed by atoms with Crippen LogP contribution in [0.5, 0.6) is 0 Å². The van der Waals surface area contributed by atoms with Crippen LogP contribution < -0.4 is 5.73 Å². The number of nitrogens with zero attached hydrogens (tertiary/aromatic N) is 1. The van der Waals surface area contributed by atoms with E-state index in [9.17, 15) is 0 Å². The molecule has 0 spiro atoms. The van der Waals surface area contributed by atoms with Gasteiger partial charge in [-0.2, -0.15) is 0 Å². The van der Waals surface area contributed by atoms with E-state index in [4.69, 9.17) is 17.3 Å². The van der Waals surface area contributed by atoms with Gasteiger partial charge in [0, 0.05) is 16.5 Å². The predicted molar refractivity (Wildman–Crippen MR) is 68.8 cm³/mol. The summed E-state index contributed by atoms with van der Waals surface area (Å²) in [4.78, 5) is 4.62. The second-order valence-corrected chi connectivity index (χ2v) is 4.98. The van der Waals surface area contributed by atoms with Crippen LogP contribution in [0, 0.1) is 0 Å². The second kappa shape index (κ2) is 4.45. The summed E-state index contributed by atoms with van der Waals surface area (Å²) in [5, 5.41) is 1.94. The fourth-order valence-corrected chi connectivity index (χ4v) is 2.91. The molecule has 1 atom stereocenters. The number of nitrogen functional groups attached to an aromatic ring is 1. The average molecular weight is 241 g/mol. The second-order valence-electron chi connectivity index (χ2n) is 3.48. The van der Waals surface area contributed by atoms with Gasteiger partial charge >= 0.3 is 0 Å². The van der Waals surface area contributed by atoms with Gasteiger partial charge in [0.05, 0.1) is 11.1 Å². The van der Waals surface area contributed by atoms with Gasteiger partial charge in [-0.25, -0.2) is 0 Å². The summed E-state index contributed by atoms with van der Waals surface area (Å²) in [6.07, 6.45) is 1.01. The summed E-state index contributed by atoms with van der Waals surface area (Å²) in [5.74, 6) is 0.993. The van der Waals surface area contributed by atoms with E-state index in [2.05, 4.69) is 11.9 Å². The molecular formula is C11H13ClN2S. The molecule has 2 N–H and O–H groups in total. The van der Waals surface area contributed by atoms with Crippen molar-refractivity contribution in [1.82, 2.24) is 0 Å². The number of aliphatic imine (C=N–C) groups is 1. The van der Waals surface area contributed by atoms with Crippen molar-refractivity contribution >= 4 is 34.1 Å². The van der Waals surface area contributed by atoms with Crippen LogP contribution in [0.3, 0.4) is 0 Å². The van der Waals surface area contributed by atoms with E-state index >= 15 is 0 Å². The van der Waals surface area contributed by atoms with Gasteiger partial charge in [0.1, 0.15) is 0 Å². The smallest absolute Gasteiger partial charge is 0.0867 e. The van der Waals surface area contributed by atoms with E-state index < -0.39 is 0 Å². The minimum atomic E-state index is 0.207. The molecular weight excluding hydrogens is 228 g/mol. The Morgan fingerprint density at radius 1 is 1.60 bits per heavy atom. The van der Waals surface area contributed by atoms with E-state index in [1.807, 2.05) is 23.9 Å². The lowest BCUT2D eigenvalue weighted by Crippen LogP contribution is -1.96. The number of rotatable bonds is 2. The fourth-order valence-electron chi connectivity index (χ4n) is 1.59. The Bertz CT molecular complexity index is 404. The lowest BCUT2D eigenvalue weighted by atomic mass is 10.1. The Balaban J connectivity index is 2.27. The van der Waals surface area contributed by atoms with Crippen LogP contribution in [-0.2, 0) is 0 Å². The molecule has 1 aromatic rings. The molecule has 1 heterocycles. The van der Waals surface area contributed by atoms with Crippen molar-refractivity contribution in [2.24, 2.45) is 4.99 Å². The summed E-state index contributed by atoms with van der Waals surface area (Å²) in [6.45, 7) is 2.12. The number of thioether (sulfide) groups is 1. The number of halogens is 1.